The van der Waals surface area contributed by atoms with E-state index in [0.717, 1.165) is 12.8 Å². The van der Waals surface area contributed by atoms with Crippen LogP contribution in [0.1, 0.15) is 12.8 Å². The zero-order chi connectivity index (χ0) is 14.0. The Balaban J connectivity index is 2.06. The molecule has 2 aliphatic rings. The topological polar surface area (TPSA) is 81.8 Å². The molecule has 0 radical (unpaired) electrons. The molecule has 1 amide bonds. The van der Waals surface area contributed by atoms with Gasteiger partial charge in [-0.25, -0.2) is 0 Å². The lowest BCUT2D eigenvalue weighted by atomic mass is 10.0. The van der Waals surface area contributed by atoms with Gasteiger partial charge in [0.1, 0.15) is 0 Å². The van der Waals surface area contributed by atoms with Crippen molar-refractivity contribution in [1.82, 2.24) is 19.2 Å². The fraction of sp³-hybridized carbons (Fsp3) is 0.909. The van der Waals surface area contributed by atoms with E-state index < -0.39 is 10.2 Å². The summed E-state index contributed by atoms with van der Waals surface area (Å²) in [5.41, 5.74) is 0. The Morgan fingerprint density at radius 2 is 1.84 bits per heavy atom. The summed E-state index contributed by atoms with van der Waals surface area (Å²) in [5.74, 6) is -0.439. The number of likely N-dealkylation sites (tertiary alicyclic amines) is 1. The van der Waals surface area contributed by atoms with Gasteiger partial charge in [-0.05, 0) is 19.9 Å². The molecule has 2 aliphatic heterocycles. The summed E-state index contributed by atoms with van der Waals surface area (Å²) in [6.45, 7) is 2.28. The van der Waals surface area contributed by atoms with Gasteiger partial charge >= 0.3 is 0 Å². The van der Waals surface area contributed by atoms with Crippen molar-refractivity contribution in [2.45, 2.75) is 18.9 Å². The first-order valence-corrected chi connectivity index (χ1v) is 8.05. The summed E-state index contributed by atoms with van der Waals surface area (Å²) in [7, 11) is 0.000216. The molecule has 0 spiro atoms. The third kappa shape index (κ3) is 3.25. The molecule has 0 saturated carbocycles. The van der Waals surface area contributed by atoms with E-state index in [1.807, 2.05) is 11.9 Å². The van der Waals surface area contributed by atoms with E-state index in [0.29, 0.717) is 26.2 Å². The lowest BCUT2D eigenvalue weighted by molar-refractivity contribution is -0.124. The minimum absolute atomic E-state index is 0.113. The fourth-order valence-corrected chi connectivity index (χ4v) is 4.27. The van der Waals surface area contributed by atoms with Crippen LogP contribution in [0.5, 0.6) is 0 Å². The lowest BCUT2D eigenvalue weighted by Gasteiger charge is -2.22. The van der Waals surface area contributed by atoms with Gasteiger partial charge in [0.15, 0.2) is 0 Å². The van der Waals surface area contributed by atoms with Crippen LogP contribution >= 0.6 is 0 Å². The van der Waals surface area contributed by atoms with Crippen molar-refractivity contribution in [2.24, 2.45) is 5.92 Å². The monoisotopic (exact) mass is 290 g/mol. The number of rotatable bonds is 4. The third-order valence-corrected chi connectivity index (χ3v) is 5.44. The summed E-state index contributed by atoms with van der Waals surface area (Å²) in [4.78, 5) is 13.8. The zero-order valence-electron chi connectivity index (χ0n) is 11.4. The van der Waals surface area contributed by atoms with Crippen LogP contribution in [-0.4, -0.2) is 69.8 Å². The van der Waals surface area contributed by atoms with Crippen LogP contribution in [0, 0.1) is 5.92 Å². The van der Waals surface area contributed by atoms with Gasteiger partial charge in [-0.2, -0.15) is 17.4 Å². The summed E-state index contributed by atoms with van der Waals surface area (Å²) in [5, 5.41) is 2.60. The smallest absolute Gasteiger partial charge is 0.279 e. The average Bonchev–Trinajstić information content (AvgIpc) is 2.97. The van der Waals surface area contributed by atoms with E-state index in [1.54, 1.807) is 7.05 Å². The van der Waals surface area contributed by atoms with Crippen LogP contribution in [0.25, 0.3) is 0 Å². The van der Waals surface area contributed by atoms with Gasteiger partial charge in [-0.15, -0.1) is 0 Å². The van der Waals surface area contributed by atoms with Gasteiger partial charge in [0, 0.05) is 39.3 Å². The van der Waals surface area contributed by atoms with E-state index >= 15 is 0 Å². The number of amides is 1. The number of likely N-dealkylation sites (N-methyl/N-ethyl adjacent to an activating group) is 1. The van der Waals surface area contributed by atoms with Crippen molar-refractivity contribution in [3.63, 3.8) is 0 Å². The predicted octanol–water partition coefficient (Wildman–Crippen LogP) is -1.41. The maximum atomic E-state index is 12.2. The highest BCUT2D eigenvalue weighted by atomic mass is 32.2. The van der Waals surface area contributed by atoms with E-state index in [4.69, 9.17) is 0 Å². The predicted molar refractivity (Wildman–Crippen MR) is 71.7 cm³/mol. The first-order chi connectivity index (χ1) is 8.94. The number of hydrogen-bond donors (Lipinski definition) is 2. The highest BCUT2D eigenvalue weighted by Crippen LogP contribution is 2.19. The Morgan fingerprint density at radius 3 is 2.42 bits per heavy atom. The van der Waals surface area contributed by atoms with Crippen molar-refractivity contribution in [3.8, 4) is 0 Å². The molecule has 2 rings (SSSR count). The van der Waals surface area contributed by atoms with Gasteiger partial charge in [-0.3, -0.25) is 4.79 Å². The highest BCUT2D eigenvalue weighted by molar-refractivity contribution is 7.87. The number of hydrogen-bond acceptors (Lipinski definition) is 4. The SMILES string of the molecule is CNC(=O)[C@@H]1CN(C)C[C@@H]1NS(=O)(=O)N1CCCC1. The van der Waals surface area contributed by atoms with Crippen LogP contribution in [-0.2, 0) is 15.0 Å². The molecule has 7 nitrogen and oxygen atoms in total. The molecule has 0 bridgehead atoms. The van der Waals surface area contributed by atoms with Crippen LogP contribution < -0.4 is 10.0 Å². The molecule has 2 heterocycles. The van der Waals surface area contributed by atoms with Gasteiger partial charge in [0.05, 0.1) is 5.92 Å². The second kappa shape index (κ2) is 5.74. The molecule has 2 atom stereocenters. The van der Waals surface area contributed by atoms with Crippen LogP contribution in [0.4, 0.5) is 0 Å². The third-order valence-electron chi connectivity index (χ3n) is 3.79. The quantitative estimate of drug-likeness (QED) is 0.667. The van der Waals surface area contributed by atoms with E-state index in [-0.39, 0.29) is 17.9 Å². The maximum absolute atomic E-state index is 12.2. The van der Waals surface area contributed by atoms with E-state index in [2.05, 4.69) is 10.0 Å². The molecule has 110 valence electrons. The molecule has 0 unspecified atom stereocenters. The summed E-state index contributed by atoms with van der Waals surface area (Å²) < 4.78 is 28.6. The van der Waals surface area contributed by atoms with Crippen molar-refractivity contribution >= 4 is 16.1 Å². The van der Waals surface area contributed by atoms with Crippen LogP contribution in [0.3, 0.4) is 0 Å². The average molecular weight is 290 g/mol. The Labute approximate surface area is 114 Å². The Bertz CT molecular complexity index is 433. The molecule has 2 fully saturated rings. The molecule has 0 aromatic heterocycles. The van der Waals surface area contributed by atoms with Crippen molar-refractivity contribution < 1.29 is 13.2 Å². The second-order valence-electron chi connectivity index (χ2n) is 5.28. The molecule has 19 heavy (non-hydrogen) atoms. The van der Waals surface area contributed by atoms with Gasteiger partial charge < -0.3 is 10.2 Å². The first kappa shape index (κ1) is 14.7. The molecule has 0 aromatic carbocycles. The van der Waals surface area contributed by atoms with E-state index in [1.165, 1.54) is 4.31 Å². The minimum atomic E-state index is -3.46. The molecule has 2 saturated heterocycles. The Morgan fingerprint density at radius 1 is 1.21 bits per heavy atom. The van der Waals surface area contributed by atoms with Crippen LogP contribution in [0.2, 0.25) is 0 Å². The summed E-state index contributed by atoms with van der Waals surface area (Å²) in [6.07, 6.45) is 1.81. The summed E-state index contributed by atoms with van der Waals surface area (Å²) >= 11 is 0. The van der Waals surface area contributed by atoms with Gasteiger partial charge in [0.2, 0.25) is 5.91 Å². The molecule has 0 aliphatic carbocycles. The normalized spacial score (nSPS) is 29.8. The summed E-state index contributed by atoms with van der Waals surface area (Å²) in [6, 6.07) is -0.351. The molecule has 2 N–H and O–H groups in total. The molecule has 8 heteroatoms. The Hall–Kier alpha value is -0.700. The molecular weight excluding hydrogens is 268 g/mol. The van der Waals surface area contributed by atoms with Crippen molar-refractivity contribution in [2.75, 3.05) is 40.3 Å². The number of carbonyl (C=O) groups excluding carboxylic acids is 1. The standard InChI is InChI=1S/C11H22N4O3S/c1-12-11(16)9-7-14(2)8-10(9)13-19(17,18)15-5-3-4-6-15/h9-10,13H,3-8H2,1-2H3,(H,12,16)/t9-,10+/m1/s1. The maximum Gasteiger partial charge on any atom is 0.279 e. The lowest BCUT2D eigenvalue weighted by Crippen LogP contribution is -2.50. The highest BCUT2D eigenvalue weighted by Gasteiger charge is 2.39. The first-order valence-electron chi connectivity index (χ1n) is 6.61. The zero-order valence-corrected chi connectivity index (χ0v) is 12.2. The van der Waals surface area contributed by atoms with Gasteiger partial charge in [0.25, 0.3) is 10.2 Å². The van der Waals surface area contributed by atoms with Crippen LogP contribution in [0.15, 0.2) is 0 Å². The Kier molecular flexibility index (Phi) is 4.44. The van der Waals surface area contributed by atoms with Gasteiger partial charge in [-0.1, -0.05) is 0 Å². The minimum Gasteiger partial charge on any atom is -0.359 e. The van der Waals surface area contributed by atoms with Crippen molar-refractivity contribution in [1.29, 1.82) is 0 Å². The van der Waals surface area contributed by atoms with Crippen molar-refractivity contribution in [3.05, 3.63) is 0 Å². The number of carbonyl (C=O) groups is 1. The number of nitrogens with one attached hydrogen (secondary N) is 2. The van der Waals surface area contributed by atoms with E-state index in [9.17, 15) is 13.2 Å². The molecule has 0 aromatic rings. The second-order valence-corrected chi connectivity index (χ2v) is 6.98. The number of nitrogens with zero attached hydrogens (tertiary/aromatic N) is 2. The largest absolute Gasteiger partial charge is 0.359 e. The fourth-order valence-electron chi connectivity index (χ4n) is 2.77. The molecular formula is C11H22N4O3S.